The molecule has 0 bridgehead atoms. The van der Waals surface area contributed by atoms with Gasteiger partial charge < -0.3 is 16.6 Å². The molecule has 6 heteroatoms. The minimum absolute atomic E-state index is 0.166. The van der Waals surface area contributed by atoms with Crippen molar-refractivity contribution in [2.45, 2.75) is 18.9 Å². The molecule has 0 aliphatic heterocycles. The lowest BCUT2D eigenvalue weighted by Gasteiger charge is -2.04. The minimum Gasteiger partial charge on any atom is -0.480 e. The minimum atomic E-state index is -0.971. The molecule has 1 unspecified atom stereocenters. The summed E-state index contributed by atoms with van der Waals surface area (Å²) in [4.78, 5) is 10.2. The molecular weight excluding hydrogens is 177 g/mol. The average Bonchev–Trinajstić information content (AvgIpc) is 1.97. The molecule has 70 valence electrons. The SMILES string of the molecule is N=C(N)PCCC[C@H](N)C(=O)O. The quantitative estimate of drug-likeness (QED) is 0.200. The van der Waals surface area contributed by atoms with Crippen LogP contribution in [0.25, 0.3) is 0 Å². The second kappa shape index (κ2) is 5.91. The van der Waals surface area contributed by atoms with Crippen LogP contribution >= 0.6 is 8.58 Å². The molecule has 0 aliphatic carbocycles. The largest absolute Gasteiger partial charge is 0.480 e. The molecular formula is C6H14N3O2P. The van der Waals surface area contributed by atoms with E-state index in [-0.39, 0.29) is 5.58 Å². The zero-order valence-electron chi connectivity index (χ0n) is 6.71. The van der Waals surface area contributed by atoms with Gasteiger partial charge in [0.2, 0.25) is 0 Å². The topological polar surface area (TPSA) is 113 Å². The van der Waals surface area contributed by atoms with E-state index in [4.69, 9.17) is 22.0 Å². The van der Waals surface area contributed by atoms with Gasteiger partial charge in [0.15, 0.2) is 0 Å². The van der Waals surface area contributed by atoms with E-state index < -0.39 is 12.0 Å². The Morgan fingerprint density at radius 3 is 2.67 bits per heavy atom. The number of rotatable bonds is 6. The smallest absolute Gasteiger partial charge is 0.320 e. The number of carboxylic acid groups (broad SMARTS) is 1. The molecule has 0 aliphatic rings. The van der Waals surface area contributed by atoms with Gasteiger partial charge in [0.05, 0.1) is 0 Å². The molecule has 0 rings (SSSR count). The molecule has 5 nitrogen and oxygen atoms in total. The molecule has 0 amide bonds. The molecule has 0 spiro atoms. The maximum Gasteiger partial charge on any atom is 0.320 e. The van der Waals surface area contributed by atoms with E-state index in [9.17, 15) is 4.79 Å². The number of carbonyl (C=O) groups is 1. The molecule has 12 heavy (non-hydrogen) atoms. The number of carboxylic acids is 1. The molecule has 0 aromatic carbocycles. The Morgan fingerprint density at radius 2 is 2.25 bits per heavy atom. The summed E-state index contributed by atoms with van der Waals surface area (Å²) in [5.41, 5.74) is 10.5. The summed E-state index contributed by atoms with van der Waals surface area (Å²) in [6.45, 7) is 0. The van der Waals surface area contributed by atoms with Crippen LogP contribution in [0.2, 0.25) is 0 Å². The highest BCUT2D eigenvalue weighted by Gasteiger charge is 2.09. The first-order chi connectivity index (χ1) is 5.54. The van der Waals surface area contributed by atoms with Crippen LogP contribution in [0.5, 0.6) is 0 Å². The third kappa shape index (κ3) is 6.07. The van der Waals surface area contributed by atoms with Crippen molar-refractivity contribution >= 4 is 20.1 Å². The van der Waals surface area contributed by atoms with Crippen LogP contribution in [0.15, 0.2) is 0 Å². The molecule has 0 saturated heterocycles. The van der Waals surface area contributed by atoms with Crippen LogP contribution in [0.1, 0.15) is 12.8 Å². The standard InChI is InChI=1S/C6H14N3O2P/c7-4(5(10)11)2-1-3-12-6(8)9/h4,12H,1-3,7H2,(H3,8,9)(H,10,11)/t4-/m0/s1. The summed E-state index contributed by atoms with van der Waals surface area (Å²) in [5.74, 6) is -0.971. The fraction of sp³-hybridized carbons (Fsp3) is 0.667. The monoisotopic (exact) mass is 191 g/mol. The van der Waals surface area contributed by atoms with Gasteiger partial charge in [0.25, 0.3) is 0 Å². The normalized spacial score (nSPS) is 13.4. The van der Waals surface area contributed by atoms with E-state index in [1.54, 1.807) is 0 Å². The van der Waals surface area contributed by atoms with Crippen LogP contribution in [-0.2, 0) is 4.79 Å². The van der Waals surface area contributed by atoms with E-state index in [0.29, 0.717) is 21.4 Å². The van der Waals surface area contributed by atoms with Crippen molar-refractivity contribution < 1.29 is 9.90 Å². The van der Waals surface area contributed by atoms with Crippen molar-refractivity contribution in [2.24, 2.45) is 11.5 Å². The molecule has 2 atom stereocenters. The first-order valence-electron chi connectivity index (χ1n) is 3.60. The Kier molecular flexibility index (Phi) is 5.58. The summed E-state index contributed by atoms with van der Waals surface area (Å²) in [6, 6.07) is -0.776. The third-order valence-electron chi connectivity index (χ3n) is 1.32. The number of nitrogens with one attached hydrogen (secondary N) is 1. The summed E-state index contributed by atoms with van der Waals surface area (Å²) in [5, 5.41) is 15.3. The second-order valence-electron chi connectivity index (χ2n) is 2.43. The molecule has 0 aromatic rings. The van der Waals surface area contributed by atoms with Crippen LogP contribution in [0, 0.1) is 5.41 Å². The maximum absolute atomic E-state index is 10.2. The molecule has 6 N–H and O–H groups in total. The van der Waals surface area contributed by atoms with Gasteiger partial charge in [-0.05, 0) is 19.0 Å². The number of aliphatic carboxylic acids is 1. The molecule has 0 aromatic heterocycles. The Balaban J connectivity index is 3.31. The van der Waals surface area contributed by atoms with E-state index in [1.807, 2.05) is 0 Å². The highest BCUT2D eigenvalue weighted by atomic mass is 31.1. The second-order valence-corrected chi connectivity index (χ2v) is 3.82. The Morgan fingerprint density at radius 1 is 1.67 bits per heavy atom. The molecule has 0 radical (unpaired) electrons. The lowest BCUT2D eigenvalue weighted by atomic mass is 10.2. The Labute approximate surface area is 72.8 Å². The highest BCUT2D eigenvalue weighted by Crippen LogP contribution is 2.11. The van der Waals surface area contributed by atoms with Gasteiger partial charge in [-0.1, -0.05) is 8.58 Å². The van der Waals surface area contributed by atoms with E-state index in [2.05, 4.69) is 0 Å². The third-order valence-corrected chi connectivity index (χ3v) is 2.31. The van der Waals surface area contributed by atoms with E-state index >= 15 is 0 Å². The molecule has 0 fully saturated rings. The van der Waals surface area contributed by atoms with Crippen LogP contribution in [-0.4, -0.2) is 28.9 Å². The van der Waals surface area contributed by atoms with Crippen LogP contribution in [0.4, 0.5) is 0 Å². The maximum atomic E-state index is 10.2. The predicted octanol–water partition coefficient (Wildman–Crippen LogP) is -0.250. The predicted molar refractivity (Wildman–Crippen MR) is 49.9 cm³/mol. The van der Waals surface area contributed by atoms with Gasteiger partial charge in [-0.15, -0.1) is 0 Å². The summed E-state index contributed by atoms with van der Waals surface area (Å²) < 4.78 is 0. The summed E-state index contributed by atoms with van der Waals surface area (Å²) >= 11 is 0. The van der Waals surface area contributed by atoms with Gasteiger partial charge in [-0.25, -0.2) is 0 Å². The number of hydrogen-bond acceptors (Lipinski definition) is 3. The van der Waals surface area contributed by atoms with Gasteiger partial charge in [0, 0.05) is 0 Å². The fourth-order valence-electron chi connectivity index (χ4n) is 0.669. The first kappa shape index (κ1) is 11.3. The average molecular weight is 191 g/mol. The summed E-state index contributed by atoms with van der Waals surface area (Å²) in [6.07, 6.45) is 1.93. The number of hydrogen-bond donors (Lipinski definition) is 4. The molecule has 0 saturated carbocycles. The highest BCUT2D eigenvalue weighted by molar-refractivity contribution is 7.57. The van der Waals surface area contributed by atoms with E-state index in [1.165, 1.54) is 0 Å². The zero-order valence-corrected chi connectivity index (χ0v) is 7.71. The van der Waals surface area contributed by atoms with E-state index in [0.717, 1.165) is 6.16 Å². The van der Waals surface area contributed by atoms with Gasteiger partial charge >= 0.3 is 5.97 Å². The van der Waals surface area contributed by atoms with Crippen molar-refractivity contribution in [3.05, 3.63) is 0 Å². The van der Waals surface area contributed by atoms with Gasteiger partial charge in [-0.2, -0.15) is 0 Å². The lowest BCUT2D eigenvalue weighted by Crippen LogP contribution is -2.29. The number of amidine groups is 1. The van der Waals surface area contributed by atoms with Crippen molar-refractivity contribution in [1.29, 1.82) is 5.41 Å². The number of nitrogens with two attached hydrogens (primary N) is 2. The van der Waals surface area contributed by atoms with Gasteiger partial charge in [0.1, 0.15) is 11.6 Å². The summed E-state index contributed by atoms with van der Waals surface area (Å²) in [7, 11) is 0.294. The van der Waals surface area contributed by atoms with Gasteiger partial charge in [-0.3, -0.25) is 10.2 Å². The zero-order chi connectivity index (χ0) is 9.56. The lowest BCUT2D eigenvalue weighted by molar-refractivity contribution is -0.138. The van der Waals surface area contributed by atoms with Crippen LogP contribution < -0.4 is 11.5 Å². The van der Waals surface area contributed by atoms with Crippen molar-refractivity contribution in [1.82, 2.24) is 0 Å². The van der Waals surface area contributed by atoms with Crippen molar-refractivity contribution in [2.75, 3.05) is 6.16 Å². The van der Waals surface area contributed by atoms with Crippen molar-refractivity contribution in [3.8, 4) is 0 Å². The Bertz CT molecular complexity index is 174. The molecule has 0 heterocycles. The fourth-order valence-corrected chi connectivity index (χ4v) is 1.32. The Hall–Kier alpha value is -0.670. The van der Waals surface area contributed by atoms with Crippen LogP contribution in [0.3, 0.4) is 0 Å². The first-order valence-corrected chi connectivity index (χ1v) is 4.81. The van der Waals surface area contributed by atoms with Crippen molar-refractivity contribution in [3.63, 3.8) is 0 Å².